The highest BCUT2D eigenvalue weighted by Crippen LogP contribution is 2.34. The number of amides is 1. The number of rotatable bonds is 9. The number of esters is 1. The van der Waals surface area contributed by atoms with Crippen molar-refractivity contribution < 1.29 is 14.3 Å². The van der Waals surface area contributed by atoms with E-state index in [4.69, 9.17) is 4.74 Å². The van der Waals surface area contributed by atoms with Gasteiger partial charge in [0.25, 0.3) is 0 Å². The monoisotopic (exact) mass is 434 g/mol. The first-order valence-corrected chi connectivity index (χ1v) is 11.6. The van der Waals surface area contributed by atoms with E-state index in [1.165, 1.54) is 35.9 Å². The zero-order valence-corrected chi connectivity index (χ0v) is 18.4. The third-order valence-corrected chi connectivity index (χ3v) is 6.65. The predicted molar refractivity (Wildman–Crippen MR) is 116 cm³/mol. The normalized spacial score (nSPS) is 14.1. The van der Waals surface area contributed by atoms with Crippen LogP contribution in [0.15, 0.2) is 23.9 Å². The molecule has 1 N–H and O–H groups in total. The molecule has 1 fully saturated rings. The SMILES string of the molecule is C=CCn1c(SCC(=O)Nc2sc(C)cc2C(=O)OCC)nnc1C1CCCC1. The van der Waals surface area contributed by atoms with Crippen LogP contribution in [0.1, 0.15) is 59.6 Å². The quantitative estimate of drug-likeness (QED) is 0.358. The molecule has 2 aromatic heterocycles. The number of nitrogens with one attached hydrogen (secondary N) is 1. The van der Waals surface area contributed by atoms with Crippen LogP contribution in [0, 0.1) is 6.92 Å². The Morgan fingerprint density at radius 2 is 2.17 bits per heavy atom. The van der Waals surface area contributed by atoms with E-state index in [2.05, 4.69) is 26.7 Å². The highest BCUT2D eigenvalue weighted by molar-refractivity contribution is 7.99. The van der Waals surface area contributed by atoms with Gasteiger partial charge in [0.05, 0.1) is 17.9 Å². The van der Waals surface area contributed by atoms with Crippen molar-refractivity contribution in [2.75, 3.05) is 17.7 Å². The van der Waals surface area contributed by atoms with Gasteiger partial charge >= 0.3 is 5.97 Å². The number of thiophene rings is 1. The third kappa shape index (κ3) is 5.27. The molecule has 1 saturated carbocycles. The van der Waals surface area contributed by atoms with E-state index in [0.717, 1.165) is 28.7 Å². The Morgan fingerprint density at radius 3 is 2.86 bits per heavy atom. The second kappa shape index (κ2) is 10.1. The van der Waals surface area contributed by atoms with Gasteiger partial charge in [-0.1, -0.05) is 30.7 Å². The number of hydrogen-bond acceptors (Lipinski definition) is 7. The summed E-state index contributed by atoms with van der Waals surface area (Å²) in [4.78, 5) is 25.5. The van der Waals surface area contributed by atoms with Crippen molar-refractivity contribution in [1.82, 2.24) is 14.8 Å². The molecule has 3 rings (SSSR count). The molecule has 2 aromatic rings. The van der Waals surface area contributed by atoms with Gasteiger partial charge in [-0.15, -0.1) is 28.1 Å². The largest absolute Gasteiger partial charge is 0.462 e. The number of allylic oxidation sites excluding steroid dienone is 1. The molecule has 0 bridgehead atoms. The zero-order valence-electron chi connectivity index (χ0n) is 16.8. The molecular formula is C20H26N4O3S2. The second-order valence-electron chi connectivity index (χ2n) is 6.88. The van der Waals surface area contributed by atoms with Gasteiger partial charge in [0, 0.05) is 17.3 Å². The summed E-state index contributed by atoms with van der Waals surface area (Å²) in [6.45, 7) is 8.39. The summed E-state index contributed by atoms with van der Waals surface area (Å²) in [6.07, 6.45) is 6.54. The third-order valence-electron chi connectivity index (χ3n) is 4.71. The minimum atomic E-state index is -0.424. The van der Waals surface area contributed by atoms with Crippen LogP contribution in [0.5, 0.6) is 0 Å². The van der Waals surface area contributed by atoms with Crippen LogP contribution in [0.25, 0.3) is 0 Å². The van der Waals surface area contributed by atoms with E-state index < -0.39 is 5.97 Å². The van der Waals surface area contributed by atoms with Crippen LogP contribution in [-0.4, -0.2) is 39.0 Å². The molecule has 7 nitrogen and oxygen atoms in total. The van der Waals surface area contributed by atoms with Crippen LogP contribution in [0.2, 0.25) is 0 Å². The minimum absolute atomic E-state index is 0.180. The molecule has 156 valence electrons. The zero-order chi connectivity index (χ0) is 20.8. The summed E-state index contributed by atoms with van der Waals surface area (Å²) in [5.41, 5.74) is 0.394. The standard InChI is InChI=1S/C20H26N4O3S2/c1-4-10-24-17(14-8-6-7-9-14)22-23-20(24)28-12-16(25)21-18-15(11-13(3)29-18)19(26)27-5-2/h4,11,14H,1,5-10,12H2,2-3H3,(H,21,25). The van der Waals surface area contributed by atoms with E-state index in [1.54, 1.807) is 13.0 Å². The predicted octanol–water partition coefficient (Wildman–Crippen LogP) is 4.40. The van der Waals surface area contributed by atoms with Crippen molar-refractivity contribution in [3.8, 4) is 0 Å². The van der Waals surface area contributed by atoms with E-state index in [0.29, 0.717) is 29.6 Å². The molecule has 9 heteroatoms. The highest BCUT2D eigenvalue weighted by Gasteiger charge is 2.25. The number of hydrogen-bond donors (Lipinski definition) is 1. The average Bonchev–Trinajstić information content (AvgIpc) is 3.41. The summed E-state index contributed by atoms with van der Waals surface area (Å²) in [5, 5.41) is 12.8. The second-order valence-corrected chi connectivity index (χ2v) is 9.08. The molecule has 0 aromatic carbocycles. The number of anilines is 1. The van der Waals surface area contributed by atoms with Gasteiger partial charge in [0.15, 0.2) is 5.16 Å². The number of carbonyl (C=O) groups is 2. The highest BCUT2D eigenvalue weighted by atomic mass is 32.2. The molecule has 0 radical (unpaired) electrons. The van der Waals surface area contributed by atoms with Crippen LogP contribution in [-0.2, 0) is 16.1 Å². The summed E-state index contributed by atoms with van der Waals surface area (Å²) >= 11 is 2.71. The van der Waals surface area contributed by atoms with Crippen molar-refractivity contribution in [1.29, 1.82) is 0 Å². The first-order chi connectivity index (χ1) is 14.0. The number of aromatic nitrogens is 3. The lowest BCUT2D eigenvalue weighted by Crippen LogP contribution is -2.16. The Bertz CT molecular complexity index is 884. The van der Waals surface area contributed by atoms with E-state index >= 15 is 0 Å². The van der Waals surface area contributed by atoms with Crippen molar-refractivity contribution in [2.45, 2.75) is 57.1 Å². The first kappa shape index (κ1) is 21.6. The Morgan fingerprint density at radius 1 is 1.41 bits per heavy atom. The number of aryl methyl sites for hydroxylation is 1. The topological polar surface area (TPSA) is 86.1 Å². The number of ether oxygens (including phenoxy) is 1. The maximum Gasteiger partial charge on any atom is 0.341 e. The fourth-order valence-corrected chi connectivity index (χ4v) is 5.12. The molecule has 2 heterocycles. The molecule has 29 heavy (non-hydrogen) atoms. The molecule has 0 atom stereocenters. The molecule has 0 unspecified atom stereocenters. The molecule has 0 spiro atoms. The van der Waals surface area contributed by atoms with Gasteiger partial charge in [0.1, 0.15) is 10.8 Å². The fraction of sp³-hybridized carbons (Fsp3) is 0.500. The van der Waals surface area contributed by atoms with E-state index in [9.17, 15) is 9.59 Å². The fourth-order valence-electron chi connectivity index (χ4n) is 3.45. The van der Waals surface area contributed by atoms with Gasteiger partial charge in [-0.25, -0.2) is 4.79 Å². The van der Waals surface area contributed by atoms with Crippen LogP contribution < -0.4 is 5.32 Å². The van der Waals surface area contributed by atoms with Gasteiger partial charge in [-0.3, -0.25) is 4.79 Å². The van der Waals surface area contributed by atoms with Crippen LogP contribution in [0.4, 0.5) is 5.00 Å². The lowest BCUT2D eigenvalue weighted by molar-refractivity contribution is -0.113. The maximum absolute atomic E-state index is 12.5. The lowest BCUT2D eigenvalue weighted by atomic mass is 10.1. The molecule has 1 aliphatic rings. The van der Waals surface area contributed by atoms with Gasteiger partial charge < -0.3 is 14.6 Å². The minimum Gasteiger partial charge on any atom is -0.462 e. The lowest BCUT2D eigenvalue weighted by Gasteiger charge is -2.12. The molecule has 0 aliphatic heterocycles. The summed E-state index contributed by atoms with van der Waals surface area (Å²) in [6, 6.07) is 1.74. The van der Waals surface area contributed by atoms with Crippen molar-refractivity contribution in [2.24, 2.45) is 0 Å². The Hall–Kier alpha value is -2.13. The van der Waals surface area contributed by atoms with Crippen molar-refractivity contribution >= 4 is 40.0 Å². The van der Waals surface area contributed by atoms with Gasteiger partial charge in [0.2, 0.25) is 5.91 Å². The summed E-state index contributed by atoms with van der Waals surface area (Å²) in [5.74, 6) is 0.986. The summed E-state index contributed by atoms with van der Waals surface area (Å²) < 4.78 is 7.12. The molecule has 1 amide bonds. The molecule has 0 saturated heterocycles. The number of nitrogens with zero attached hydrogens (tertiary/aromatic N) is 3. The number of thioether (sulfide) groups is 1. The van der Waals surface area contributed by atoms with Gasteiger partial charge in [-0.05, 0) is 32.8 Å². The average molecular weight is 435 g/mol. The maximum atomic E-state index is 12.5. The molecule has 1 aliphatic carbocycles. The smallest absolute Gasteiger partial charge is 0.341 e. The summed E-state index contributed by atoms with van der Waals surface area (Å²) in [7, 11) is 0. The van der Waals surface area contributed by atoms with Crippen molar-refractivity contribution in [3.63, 3.8) is 0 Å². The Balaban J connectivity index is 1.65. The Labute approximate surface area is 178 Å². The van der Waals surface area contributed by atoms with Crippen molar-refractivity contribution in [3.05, 3.63) is 35.0 Å². The molecular weight excluding hydrogens is 408 g/mol. The number of carbonyl (C=O) groups excluding carboxylic acids is 2. The van der Waals surface area contributed by atoms with Crippen LogP contribution in [0.3, 0.4) is 0 Å². The Kier molecular flexibility index (Phi) is 7.49. The van der Waals surface area contributed by atoms with Crippen LogP contribution >= 0.6 is 23.1 Å². The first-order valence-electron chi connectivity index (χ1n) is 9.77. The van der Waals surface area contributed by atoms with E-state index in [-0.39, 0.29) is 11.7 Å². The van der Waals surface area contributed by atoms with Gasteiger partial charge in [-0.2, -0.15) is 0 Å². The van der Waals surface area contributed by atoms with E-state index in [1.807, 2.05) is 13.0 Å².